The van der Waals surface area contributed by atoms with Gasteiger partial charge in [0.05, 0.1) is 0 Å². The minimum Gasteiger partial charge on any atom is -0.462 e. The Morgan fingerprint density at radius 1 is 0.308 bits per heavy atom. The van der Waals surface area contributed by atoms with Crippen LogP contribution in [0.3, 0.4) is 0 Å². The van der Waals surface area contributed by atoms with Crippen molar-refractivity contribution in [1.82, 2.24) is 0 Å². The van der Waals surface area contributed by atoms with Gasteiger partial charge in [-0.1, -0.05) is 286 Å². The summed E-state index contributed by atoms with van der Waals surface area (Å²) in [6.45, 7) is 13.8. The van der Waals surface area contributed by atoms with Crippen molar-refractivity contribution in [2.75, 3.05) is 13.2 Å². The van der Waals surface area contributed by atoms with Gasteiger partial charge in [0, 0.05) is 19.3 Å². The van der Waals surface area contributed by atoms with E-state index in [0.717, 1.165) is 75.5 Å². The molecule has 0 aliphatic heterocycles. The third-order valence-electron chi connectivity index (χ3n) is 13.8. The molecule has 2 atom stereocenters. The smallest absolute Gasteiger partial charge is 0.306 e. The molecule has 0 amide bonds. The first-order valence-electron chi connectivity index (χ1n) is 29.1. The van der Waals surface area contributed by atoms with Crippen molar-refractivity contribution in [1.29, 1.82) is 0 Å². The Balaban J connectivity index is 4.21. The number of carbonyl (C=O) groups is 3. The highest BCUT2D eigenvalue weighted by Crippen LogP contribution is 2.19. The Morgan fingerprint density at radius 2 is 0.538 bits per heavy atom. The van der Waals surface area contributed by atoms with Crippen molar-refractivity contribution in [3.8, 4) is 0 Å². The lowest BCUT2D eigenvalue weighted by molar-refractivity contribution is -0.167. The van der Waals surface area contributed by atoms with Crippen LogP contribution in [-0.2, 0) is 28.6 Å². The van der Waals surface area contributed by atoms with Crippen molar-refractivity contribution >= 4 is 17.9 Å². The fourth-order valence-electron chi connectivity index (χ4n) is 8.97. The number of hydrogen-bond acceptors (Lipinski definition) is 6. The zero-order chi connectivity index (χ0) is 47.7. The summed E-state index contributed by atoms with van der Waals surface area (Å²) >= 11 is 0. The quantitative estimate of drug-likeness (QED) is 0.0344. The van der Waals surface area contributed by atoms with Gasteiger partial charge in [-0.3, -0.25) is 14.4 Å². The summed E-state index contributed by atoms with van der Waals surface area (Å²) in [5.41, 5.74) is 0. The van der Waals surface area contributed by atoms with Gasteiger partial charge in [-0.2, -0.15) is 0 Å². The van der Waals surface area contributed by atoms with Gasteiger partial charge in [-0.25, -0.2) is 0 Å². The molecule has 0 bridgehead atoms. The lowest BCUT2D eigenvalue weighted by Crippen LogP contribution is -2.30. The zero-order valence-electron chi connectivity index (χ0n) is 44.8. The van der Waals surface area contributed by atoms with Gasteiger partial charge in [0.25, 0.3) is 0 Å². The third-order valence-corrected chi connectivity index (χ3v) is 13.8. The summed E-state index contributed by atoms with van der Waals surface area (Å²) in [6.07, 6.45) is 52.4. The summed E-state index contributed by atoms with van der Waals surface area (Å²) in [4.78, 5) is 38.1. The van der Waals surface area contributed by atoms with E-state index in [4.69, 9.17) is 14.2 Å². The van der Waals surface area contributed by atoms with Gasteiger partial charge in [-0.05, 0) is 37.0 Å². The molecule has 6 nitrogen and oxygen atoms in total. The summed E-state index contributed by atoms with van der Waals surface area (Å²) in [5, 5.41) is 0. The van der Waals surface area contributed by atoms with E-state index in [-0.39, 0.29) is 31.1 Å². The predicted octanol–water partition coefficient (Wildman–Crippen LogP) is 19.1. The van der Waals surface area contributed by atoms with Crippen molar-refractivity contribution in [2.24, 2.45) is 17.8 Å². The van der Waals surface area contributed by atoms with Crippen LogP contribution in [0, 0.1) is 17.8 Å². The fourth-order valence-corrected chi connectivity index (χ4v) is 8.97. The molecule has 0 N–H and O–H groups in total. The van der Waals surface area contributed by atoms with Gasteiger partial charge in [0.15, 0.2) is 6.10 Å². The van der Waals surface area contributed by atoms with Crippen LogP contribution >= 0.6 is 0 Å². The van der Waals surface area contributed by atoms with E-state index in [1.165, 1.54) is 205 Å². The molecule has 0 aromatic rings. The van der Waals surface area contributed by atoms with Gasteiger partial charge < -0.3 is 14.2 Å². The molecule has 0 rings (SSSR count). The molecule has 0 aromatic heterocycles. The largest absolute Gasteiger partial charge is 0.462 e. The number of unbranched alkanes of at least 4 members (excludes halogenated alkanes) is 34. The standard InChI is InChI=1S/C59H114O6/c1-7-55(6)47-41-35-29-22-18-14-12-10-8-9-11-13-15-19-23-30-36-42-48-57(60)63-51-56(52-64-58(61)49-43-37-31-26-25-28-34-40-46-54(4)5)65-59(62)50-44-38-32-24-20-16-17-21-27-33-39-45-53(2)3/h53-56H,7-52H2,1-6H3/t55?,56-/m1/s1. The van der Waals surface area contributed by atoms with Crippen LogP contribution in [0.1, 0.15) is 324 Å². The first-order chi connectivity index (χ1) is 31.6. The van der Waals surface area contributed by atoms with E-state index in [2.05, 4.69) is 41.5 Å². The number of rotatable bonds is 52. The van der Waals surface area contributed by atoms with E-state index in [0.29, 0.717) is 19.3 Å². The third kappa shape index (κ3) is 51.6. The second-order valence-electron chi connectivity index (χ2n) is 21.5. The summed E-state index contributed by atoms with van der Waals surface area (Å²) < 4.78 is 16.9. The van der Waals surface area contributed by atoms with Gasteiger partial charge in [0.1, 0.15) is 13.2 Å². The molecular formula is C59H114O6. The monoisotopic (exact) mass is 919 g/mol. The Hall–Kier alpha value is -1.59. The van der Waals surface area contributed by atoms with Crippen molar-refractivity contribution in [2.45, 2.75) is 330 Å². The minimum absolute atomic E-state index is 0.0640. The highest BCUT2D eigenvalue weighted by Gasteiger charge is 2.19. The normalized spacial score (nSPS) is 12.6. The Morgan fingerprint density at radius 3 is 0.800 bits per heavy atom. The van der Waals surface area contributed by atoms with Crippen LogP contribution in [0.2, 0.25) is 0 Å². The van der Waals surface area contributed by atoms with Crippen LogP contribution in [-0.4, -0.2) is 37.2 Å². The van der Waals surface area contributed by atoms with E-state index >= 15 is 0 Å². The van der Waals surface area contributed by atoms with Gasteiger partial charge in [0.2, 0.25) is 0 Å². The number of carbonyl (C=O) groups excluding carboxylic acids is 3. The maximum atomic E-state index is 12.8. The van der Waals surface area contributed by atoms with Gasteiger partial charge >= 0.3 is 17.9 Å². The molecule has 0 spiro atoms. The molecule has 1 unspecified atom stereocenters. The molecule has 65 heavy (non-hydrogen) atoms. The first-order valence-corrected chi connectivity index (χ1v) is 29.1. The average molecular weight is 920 g/mol. The zero-order valence-corrected chi connectivity index (χ0v) is 44.8. The van der Waals surface area contributed by atoms with E-state index in [1.54, 1.807) is 0 Å². The van der Waals surface area contributed by atoms with Crippen molar-refractivity contribution in [3.63, 3.8) is 0 Å². The number of hydrogen-bond donors (Lipinski definition) is 0. The molecule has 0 aliphatic carbocycles. The highest BCUT2D eigenvalue weighted by atomic mass is 16.6. The van der Waals surface area contributed by atoms with Crippen LogP contribution in [0.25, 0.3) is 0 Å². The Kier molecular flexibility index (Phi) is 49.1. The summed E-state index contributed by atoms with van der Waals surface area (Å²) in [5.74, 6) is 1.68. The van der Waals surface area contributed by atoms with Crippen LogP contribution in [0.5, 0.6) is 0 Å². The number of ether oxygens (including phenoxy) is 3. The lowest BCUT2D eigenvalue weighted by Gasteiger charge is -2.18. The molecular weight excluding hydrogens is 805 g/mol. The van der Waals surface area contributed by atoms with Crippen LogP contribution in [0.15, 0.2) is 0 Å². The van der Waals surface area contributed by atoms with Crippen molar-refractivity contribution in [3.05, 3.63) is 0 Å². The molecule has 0 aliphatic rings. The Bertz CT molecular complexity index is 1010. The molecule has 0 fully saturated rings. The van der Waals surface area contributed by atoms with E-state index in [9.17, 15) is 14.4 Å². The Labute approximate surface area is 406 Å². The number of esters is 3. The maximum absolute atomic E-state index is 12.8. The van der Waals surface area contributed by atoms with E-state index in [1.807, 2.05) is 0 Å². The van der Waals surface area contributed by atoms with Crippen LogP contribution in [0.4, 0.5) is 0 Å². The summed E-state index contributed by atoms with van der Waals surface area (Å²) in [6, 6.07) is 0. The second-order valence-corrected chi connectivity index (χ2v) is 21.5. The molecule has 0 saturated heterocycles. The SMILES string of the molecule is CCC(C)CCCCCCCCCCCCCCCCCCCCC(=O)OC[C@H](COC(=O)CCCCCCCCCCC(C)C)OC(=O)CCCCCCCCCCCCCC(C)C. The second kappa shape index (κ2) is 50.3. The molecule has 0 saturated carbocycles. The predicted molar refractivity (Wildman–Crippen MR) is 279 cm³/mol. The average Bonchev–Trinajstić information content (AvgIpc) is 3.28. The molecule has 0 aromatic carbocycles. The molecule has 386 valence electrons. The molecule has 0 radical (unpaired) electrons. The molecule has 0 heterocycles. The first kappa shape index (κ1) is 63.4. The van der Waals surface area contributed by atoms with Gasteiger partial charge in [-0.15, -0.1) is 0 Å². The molecule has 6 heteroatoms. The van der Waals surface area contributed by atoms with Crippen molar-refractivity contribution < 1.29 is 28.6 Å². The highest BCUT2D eigenvalue weighted by molar-refractivity contribution is 5.71. The topological polar surface area (TPSA) is 78.9 Å². The summed E-state index contributed by atoms with van der Waals surface area (Å²) in [7, 11) is 0. The fraction of sp³-hybridized carbons (Fsp3) is 0.949. The van der Waals surface area contributed by atoms with E-state index < -0.39 is 6.10 Å². The lowest BCUT2D eigenvalue weighted by atomic mass is 9.99. The maximum Gasteiger partial charge on any atom is 0.306 e. The van der Waals surface area contributed by atoms with Crippen LogP contribution < -0.4 is 0 Å². The minimum atomic E-state index is -0.764.